The van der Waals surface area contributed by atoms with Crippen molar-refractivity contribution in [2.24, 2.45) is 0 Å². The average molecular weight is 1260 g/mol. The van der Waals surface area contributed by atoms with Crippen molar-refractivity contribution in [1.29, 1.82) is 0 Å². The molecule has 10 heteroatoms. The van der Waals surface area contributed by atoms with E-state index in [2.05, 4.69) is 74.6 Å². The molecule has 0 aliphatic rings. The summed E-state index contributed by atoms with van der Waals surface area (Å²) in [5, 5.41) is 0. The molecule has 0 fully saturated rings. The maximum Gasteiger partial charge on any atom is 0.472 e. The quantitative estimate of drug-likeness (QED) is 0.0211. The molecule has 2 unspecified atom stereocenters. The number of unbranched alkanes of at least 4 members (excludes halogenated alkanes) is 47. The van der Waals surface area contributed by atoms with Gasteiger partial charge in [0.25, 0.3) is 0 Å². The second-order valence-electron chi connectivity index (χ2n) is 27.0. The zero-order chi connectivity index (χ0) is 64.1. The predicted octanol–water partition coefficient (Wildman–Crippen LogP) is 24.9. The summed E-state index contributed by atoms with van der Waals surface area (Å²) in [6.07, 6.45) is 92.1. The van der Waals surface area contributed by atoms with Crippen molar-refractivity contribution in [2.75, 3.05) is 47.5 Å². The summed E-state index contributed by atoms with van der Waals surface area (Å²) in [5.74, 6) is -0.778. The molecule has 2 atom stereocenters. The Kier molecular flexibility index (Phi) is 67.3. The van der Waals surface area contributed by atoms with Gasteiger partial charge in [0, 0.05) is 12.8 Å². The summed E-state index contributed by atoms with van der Waals surface area (Å²) >= 11 is 0. The lowest BCUT2D eigenvalue weighted by atomic mass is 10.0. The standard InChI is InChI=1S/C78H146NO8P/c1-6-8-10-12-14-16-18-20-22-24-26-28-30-32-34-35-36-37-38-39-40-41-42-43-45-47-49-51-53-55-57-59-61-63-65-67-69-71-78(81)87-76(75-86-88(82,83)85-73-72-79(3,4)5)74-84-77(80)70-68-66-64-62-60-58-56-54-52-50-48-46-44-33-31-29-27-25-23-21-19-17-15-13-11-9-7-2/h18-21,24-27,30,32,76H,6-17,22-23,28-29,31,33-75H2,1-5H3/p+1/b20-18-,21-19-,26-24-,27-25-,32-30-. The van der Waals surface area contributed by atoms with Crippen LogP contribution < -0.4 is 0 Å². The van der Waals surface area contributed by atoms with Crippen molar-refractivity contribution < 1.29 is 42.1 Å². The minimum Gasteiger partial charge on any atom is -0.462 e. The van der Waals surface area contributed by atoms with Crippen LogP contribution in [0.2, 0.25) is 0 Å². The van der Waals surface area contributed by atoms with E-state index in [4.69, 9.17) is 18.5 Å². The van der Waals surface area contributed by atoms with Crippen LogP contribution in [0, 0.1) is 0 Å². The molecule has 0 aromatic rings. The van der Waals surface area contributed by atoms with Crippen LogP contribution in [0.5, 0.6) is 0 Å². The molecule has 0 aromatic heterocycles. The van der Waals surface area contributed by atoms with Gasteiger partial charge in [-0.1, -0.05) is 338 Å². The number of hydrogen-bond donors (Lipinski definition) is 1. The van der Waals surface area contributed by atoms with Gasteiger partial charge in [-0.05, 0) is 83.5 Å². The average Bonchev–Trinajstić information content (AvgIpc) is 3.68. The summed E-state index contributed by atoms with van der Waals surface area (Å²) in [6, 6.07) is 0. The van der Waals surface area contributed by atoms with Gasteiger partial charge >= 0.3 is 19.8 Å². The molecule has 0 bridgehead atoms. The number of esters is 2. The molecule has 88 heavy (non-hydrogen) atoms. The van der Waals surface area contributed by atoms with Gasteiger partial charge in [-0.25, -0.2) is 4.57 Å². The number of carbonyl (C=O) groups excluding carboxylic acids is 2. The second-order valence-corrected chi connectivity index (χ2v) is 28.5. The molecule has 516 valence electrons. The zero-order valence-electron chi connectivity index (χ0n) is 59.0. The van der Waals surface area contributed by atoms with Crippen LogP contribution in [-0.2, 0) is 32.7 Å². The highest BCUT2D eigenvalue weighted by molar-refractivity contribution is 7.47. The predicted molar refractivity (Wildman–Crippen MR) is 381 cm³/mol. The first-order valence-corrected chi connectivity index (χ1v) is 39.5. The smallest absolute Gasteiger partial charge is 0.462 e. The van der Waals surface area contributed by atoms with Gasteiger partial charge in [-0.3, -0.25) is 18.6 Å². The Morgan fingerprint density at radius 1 is 0.352 bits per heavy atom. The largest absolute Gasteiger partial charge is 0.472 e. The highest BCUT2D eigenvalue weighted by Crippen LogP contribution is 2.43. The normalized spacial score (nSPS) is 13.4. The Morgan fingerprint density at radius 3 is 0.909 bits per heavy atom. The second kappa shape index (κ2) is 69.1. The van der Waals surface area contributed by atoms with Gasteiger partial charge < -0.3 is 18.9 Å². The molecule has 1 N–H and O–H groups in total. The minimum atomic E-state index is -4.39. The number of hydrogen-bond acceptors (Lipinski definition) is 7. The molecule has 0 saturated carbocycles. The van der Waals surface area contributed by atoms with E-state index in [1.165, 1.54) is 289 Å². The Hall–Kier alpha value is -2.29. The number of phosphoric ester groups is 1. The number of nitrogens with zero attached hydrogens (tertiary/aromatic N) is 1. The van der Waals surface area contributed by atoms with Crippen molar-refractivity contribution in [1.82, 2.24) is 0 Å². The highest BCUT2D eigenvalue weighted by atomic mass is 31.2. The fourth-order valence-electron chi connectivity index (χ4n) is 11.2. The lowest BCUT2D eigenvalue weighted by molar-refractivity contribution is -0.870. The lowest BCUT2D eigenvalue weighted by Crippen LogP contribution is -2.37. The van der Waals surface area contributed by atoms with Gasteiger partial charge in [0.15, 0.2) is 6.10 Å². The number of allylic oxidation sites excluding steroid dienone is 10. The molecule has 0 saturated heterocycles. The van der Waals surface area contributed by atoms with E-state index < -0.39 is 26.5 Å². The fourth-order valence-corrected chi connectivity index (χ4v) is 11.9. The summed E-state index contributed by atoms with van der Waals surface area (Å²) < 4.78 is 34.8. The number of carbonyl (C=O) groups is 2. The molecule has 0 aliphatic carbocycles. The van der Waals surface area contributed by atoms with Crippen LogP contribution >= 0.6 is 7.82 Å². The van der Waals surface area contributed by atoms with Gasteiger partial charge in [0.1, 0.15) is 19.8 Å². The molecular formula is C78H147NO8P+. The Labute approximate surface area is 546 Å². The van der Waals surface area contributed by atoms with E-state index in [1.54, 1.807) is 0 Å². The van der Waals surface area contributed by atoms with Crippen molar-refractivity contribution in [3.8, 4) is 0 Å². The number of rotatable bonds is 71. The SMILES string of the molecule is CCCCCCC/C=C\C/C=C\C/C=C\CCCCCCCCCCCCCCCCCCCCCCCCC(=O)OC(COC(=O)CCCCCCCCCCCCCCCCC/C=C\C/C=C\CCCCCCC)COP(=O)(O)OCC[N+](C)(C)C. The molecular weight excluding hydrogens is 1110 g/mol. The third-order valence-corrected chi connectivity index (χ3v) is 18.0. The molecule has 0 aliphatic heterocycles. The summed E-state index contributed by atoms with van der Waals surface area (Å²) in [4.78, 5) is 35.9. The first kappa shape index (κ1) is 85.7. The summed E-state index contributed by atoms with van der Waals surface area (Å²) in [6.45, 7) is 4.47. The first-order valence-electron chi connectivity index (χ1n) is 38.0. The molecule has 0 rings (SSSR count). The number of phosphoric acid groups is 1. The first-order chi connectivity index (χ1) is 43.0. The van der Waals surface area contributed by atoms with Crippen molar-refractivity contribution in [2.45, 2.75) is 380 Å². The summed E-state index contributed by atoms with van der Waals surface area (Å²) in [7, 11) is 1.49. The molecule has 0 aromatic carbocycles. The van der Waals surface area contributed by atoms with Crippen molar-refractivity contribution in [3.63, 3.8) is 0 Å². The van der Waals surface area contributed by atoms with Gasteiger partial charge in [0.05, 0.1) is 27.7 Å². The molecule has 0 radical (unpaired) electrons. The third kappa shape index (κ3) is 72.8. The molecule has 0 spiro atoms. The maximum atomic E-state index is 12.9. The van der Waals surface area contributed by atoms with E-state index >= 15 is 0 Å². The van der Waals surface area contributed by atoms with E-state index in [-0.39, 0.29) is 25.6 Å². The highest BCUT2D eigenvalue weighted by Gasteiger charge is 2.27. The number of likely N-dealkylation sites (N-methyl/N-ethyl adjacent to an activating group) is 1. The topological polar surface area (TPSA) is 108 Å². The van der Waals surface area contributed by atoms with Gasteiger partial charge in [-0.2, -0.15) is 0 Å². The van der Waals surface area contributed by atoms with Crippen LogP contribution in [0.25, 0.3) is 0 Å². The zero-order valence-corrected chi connectivity index (χ0v) is 59.9. The number of ether oxygens (including phenoxy) is 2. The van der Waals surface area contributed by atoms with E-state index in [1.807, 2.05) is 21.1 Å². The third-order valence-electron chi connectivity index (χ3n) is 17.0. The van der Waals surface area contributed by atoms with Crippen LogP contribution in [0.1, 0.15) is 373 Å². The van der Waals surface area contributed by atoms with Crippen molar-refractivity contribution >= 4 is 19.8 Å². The molecule has 0 heterocycles. The maximum absolute atomic E-state index is 12.9. The molecule has 9 nitrogen and oxygen atoms in total. The van der Waals surface area contributed by atoms with Crippen LogP contribution in [-0.4, -0.2) is 74.9 Å². The Balaban J connectivity index is 3.95. The lowest BCUT2D eigenvalue weighted by Gasteiger charge is -2.24. The van der Waals surface area contributed by atoms with Crippen molar-refractivity contribution in [3.05, 3.63) is 60.8 Å². The van der Waals surface area contributed by atoms with E-state index in [0.717, 1.165) is 51.4 Å². The van der Waals surface area contributed by atoms with E-state index in [0.29, 0.717) is 23.9 Å². The van der Waals surface area contributed by atoms with Crippen LogP contribution in [0.4, 0.5) is 0 Å². The van der Waals surface area contributed by atoms with E-state index in [9.17, 15) is 19.0 Å². The van der Waals surface area contributed by atoms with Gasteiger partial charge in [-0.15, -0.1) is 0 Å². The minimum absolute atomic E-state index is 0.0332. The van der Waals surface area contributed by atoms with Crippen LogP contribution in [0.3, 0.4) is 0 Å². The van der Waals surface area contributed by atoms with Crippen LogP contribution in [0.15, 0.2) is 60.8 Å². The Bertz CT molecular complexity index is 1670. The summed E-state index contributed by atoms with van der Waals surface area (Å²) in [5.41, 5.74) is 0. The molecule has 0 amide bonds. The monoisotopic (exact) mass is 1260 g/mol. The Morgan fingerprint density at radius 2 is 0.614 bits per heavy atom. The number of quaternary nitrogens is 1. The fraction of sp³-hybridized carbons (Fsp3) is 0.846. The van der Waals surface area contributed by atoms with Gasteiger partial charge in [0.2, 0.25) is 0 Å².